The highest BCUT2D eigenvalue weighted by molar-refractivity contribution is 5.82. The molecule has 3 aliphatic heterocycles. The minimum Gasteiger partial charge on any atom is -0.373 e. The van der Waals surface area contributed by atoms with Crippen LogP contribution in [0.5, 0.6) is 0 Å². The number of alkyl halides is 2. The predicted molar refractivity (Wildman–Crippen MR) is 108 cm³/mol. The second-order valence-electron chi connectivity index (χ2n) is 10.3. The van der Waals surface area contributed by atoms with Crippen LogP contribution in [0.15, 0.2) is 4.52 Å². The Hall–Kier alpha value is -1.61. The SMILES string of the molecule is CC(C)C1(c2nc(C3CC(F)(F)C3)no2)CCN(C(=O)[C@@H]2CC[C@@]3(CCO3)CN2)CC1. The molecular formula is C22H32F2N4O3. The van der Waals surface area contributed by atoms with Gasteiger partial charge in [0.25, 0.3) is 0 Å². The van der Waals surface area contributed by atoms with Crippen LogP contribution in [-0.4, -0.2) is 64.8 Å². The van der Waals surface area contributed by atoms with Gasteiger partial charge in [-0.05, 0) is 31.6 Å². The van der Waals surface area contributed by atoms with Gasteiger partial charge in [0.2, 0.25) is 17.7 Å². The van der Waals surface area contributed by atoms with Gasteiger partial charge in [0, 0.05) is 44.8 Å². The van der Waals surface area contributed by atoms with Crippen molar-refractivity contribution in [3.8, 4) is 0 Å². The first kappa shape index (κ1) is 21.2. The Morgan fingerprint density at radius 3 is 2.42 bits per heavy atom. The lowest BCUT2D eigenvalue weighted by molar-refractivity contribution is -0.164. The molecule has 0 unspecified atom stereocenters. The third-order valence-corrected chi connectivity index (χ3v) is 8.22. The van der Waals surface area contributed by atoms with Crippen molar-refractivity contribution in [1.29, 1.82) is 0 Å². The van der Waals surface area contributed by atoms with Gasteiger partial charge in [-0.25, -0.2) is 8.78 Å². The Balaban J connectivity index is 1.22. The van der Waals surface area contributed by atoms with E-state index in [1.165, 1.54) is 0 Å². The highest BCUT2D eigenvalue weighted by atomic mass is 19.3. The van der Waals surface area contributed by atoms with E-state index in [1.807, 2.05) is 4.90 Å². The van der Waals surface area contributed by atoms with Crippen molar-refractivity contribution in [1.82, 2.24) is 20.4 Å². The third-order valence-electron chi connectivity index (χ3n) is 8.22. The van der Waals surface area contributed by atoms with E-state index in [0.717, 1.165) is 45.3 Å². The van der Waals surface area contributed by atoms with Gasteiger partial charge in [-0.3, -0.25) is 4.79 Å². The van der Waals surface area contributed by atoms with Gasteiger partial charge in [0.15, 0.2) is 5.82 Å². The minimum atomic E-state index is -2.61. The van der Waals surface area contributed by atoms with E-state index in [2.05, 4.69) is 29.3 Å². The van der Waals surface area contributed by atoms with Crippen molar-refractivity contribution in [2.24, 2.45) is 5.92 Å². The lowest BCUT2D eigenvalue weighted by Gasteiger charge is -2.48. The number of nitrogens with one attached hydrogen (secondary N) is 1. The van der Waals surface area contributed by atoms with Crippen LogP contribution >= 0.6 is 0 Å². The van der Waals surface area contributed by atoms with Crippen LogP contribution in [-0.2, 0) is 14.9 Å². The summed E-state index contributed by atoms with van der Waals surface area (Å²) in [6, 6.07) is -0.142. The number of hydrogen-bond donors (Lipinski definition) is 1. The molecule has 1 spiro atoms. The zero-order valence-corrected chi connectivity index (χ0v) is 18.3. The van der Waals surface area contributed by atoms with E-state index in [0.29, 0.717) is 24.8 Å². The molecule has 1 aromatic rings. The molecule has 1 saturated carbocycles. The second-order valence-corrected chi connectivity index (χ2v) is 10.3. The van der Waals surface area contributed by atoms with E-state index in [-0.39, 0.29) is 47.6 Å². The van der Waals surface area contributed by atoms with E-state index in [4.69, 9.17) is 9.26 Å². The molecule has 1 N–H and O–H groups in total. The first-order valence-corrected chi connectivity index (χ1v) is 11.6. The summed E-state index contributed by atoms with van der Waals surface area (Å²) >= 11 is 0. The Bertz CT molecular complexity index is 812. The Morgan fingerprint density at radius 2 is 1.90 bits per heavy atom. The Morgan fingerprint density at radius 1 is 1.19 bits per heavy atom. The van der Waals surface area contributed by atoms with Crippen LogP contribution in [0.4, 0.5) is 8.78 Å². The van der Waals surface area contributed by atoms with Crippen LogP contribution in [0.25, 0.3) is 0 Å². The number of nitrogens with zero attached hydrogens (tertiary/aromatic N) is 3. The molecule has 4 fully saturated rings. The first-order chi connectivity index (χ1) is 14.7. The van der Waals surface area contributed by atoms with Crippen molar-refractivity contribution in [2.75, 3.05) is 26.2 Å². The fraction of sp³-hybridized carbons (Fsp3) is 0.864. The van der Waals surface area contributed by atoms with E-state index in [1.54, 1.807) is 0 Å². The van der Waals surface area contributed by atoms with E-state index < -0.39 is 5.92 Å². The number of rotatable bonds is 4. The fourth-order valence-corrected chi connectivity index (χ4v) is 5.68. The summed E-state index contributed by atoms with van der Waals surface area (Å²) in [6.45, 7) is 7.09. The zero-order valence-electron chi connectivity index (χ0n) is 18.3. The smallest absolute Gasteiger partial charge is 0.249 e. The van der Waals surface area contributed by atoms with Gasteiger partial charge in [0.1, 0.15) is 0 Å². The molecule has 4 heterocycles. The molecule has 9 heteroatoms. The quantitative estimate of drug-likeness (QED) is 0.779. The molecule has 1 aliphatic carbocycles. The molecule has 2 atom stereocenters. The Labute approximate surface area is 181 Å². The maximum Gasteiger partial charge on any atom is 0.249 e. The van der Waals surface area contributed by atoms with Gasteiger partial charge in [-0.2, -0.15) is 4.98 Å². The summed E-state index contributed by atoms with van der Waals surface area (Å²) in [5.41, 5.74) is -0.357. The largest absolute Gasteiger partial charge is 0.373 e. The van der Waals surface area contributed by atoms with Crippen molar-refractivity contribution in [3.63, 3.8) is 0 Å². The molecular weight excluding hydrogens is 406 g/mol. The molecule has 31 heavy (non-hydrogen) atoms. The van der Waals surface area contributed by atoms with E-state index in [9.17, 15) is 13.6 Å². The van der Waals surface area contributed by atoms with Crippen molar-refractivity contribution in [2.45, 2.75) is 87.7 Å². The second kappa shape index (κ2) is 7.47. The summed E-state index contributed by atoms with van der Waals surface area (Å²) in [7, 11) is 0. The summed E-state index contributed by atoms with van der Waals surface area (Å²) < 4.78 is 37.8. The number of halogens is 2. The van der Waals surface area contributed by atoms with Gasteiger partial charge < -0.3 is 19.5 Å². The number of likely N-dealkylation sites (tertiary alicyclic amines) is 1. The number of aromatic nitrogens is 2. The highest BCUT2D eigenvalue weighted by Gasteiger charge is 2.50. The Kier molecular flexibility index (Phi) is 5.12. The zero-order chi connectivity index (χ0) is 21.9. The molecule has 1 aromatic heterocycles. The molecule has 0 bridgehead atoms. The monoisotopic (exact) mass is 438 g/mol. The number of amides is 1. The molecule has 172 valence electrons. The van der Waals surface area contributed by atoms with Crippen LogP contribution < -0.4 is 5.32 Å². The van der Waals surface area contributed by atoms with Crippen molar-refractivity contribution < 1.29 is 22.8 Å². The molecule has 3 saturated heterocycles. The van der Waals surface area contributed by atoms with Crippen LogP contribution in [0, 0.1) is 5.92 Å². The molecule has 5 rings (SSSR count). The van der Waals surface area contributed by atoms with Gasteiger partial charge >= 0.3 is 0 Å². The van der Waals surface area contributed by atoms with Crippen LogP contribution in [0.2, 0.25) is 0 Å². The standard InChI is InChI=1S/C22H32F2N4O3/c1-14(2)21(19-26-17(27-31-19)15-11-22(23,24)12-15)5-8-28(9-6-21)18(29)16-3-4-20(13-25-16)7-10-30-20/h14-16,25H,3-13H2,1-2H3/t16-,20+/m0/s1. The molecule has 7 nitrogen and oxygen atoms in total. The van der Waals surface area contributed by atoms with Gasteiger partial charge in [-0.15, -0.1) is 0 Å². The topological polar surface area (TPSA) is 80.5 Å². The minimum absolute atomic E-state index is 0.0362. The number of ether oxygens (including phenoxy) is 1. The molecule has 0 radical (unpaired) electrons. The van der Waals surface area contributed by atoms with Gasteiger partial charge in [0.05, 0.1) is 23.7 Å². The van der Waals surface area contributed by atoms with Gasteiger partial charge in [-0.1, -0.05) is 19.0 Å². The number of carbonyl (C=O) groups is 1. The third kappa shape index (κ3) is 3.67. The van der Waals surface area contributed by atoms with Crippen LogP contribution in [0.1, 0.15) is 76.4 Å². The number of piperidine rings is 2. The fourth-order valence-electron chi connectivity index (χ4n) is 5.68. The van der Waals surface area contributed by atoms with Crippen LogP contribution in [0.3, 0.4) is 0 Å². The lowest BCUT2D eigenvalue weighted by atomic mass is 9.69. The maximum absolute atomic E-state index is 13.2. The van der Waals surface area contributed by atoms with E-state index >= 15 is 0 Å². The summed E-state index contributed by atoms with van der Waals surface area (Å²) in [5.74, 6) is -1.58. The summed E-state index contributed by atoms with van der Waals surface area (Å²) in [6.07, 6.45) is 3.88. The molecule has 1 amide bonds. The first-order valence-electron chi connectivity index (χ1n) is 11.6. The average molecular weight is 439 g/mol. The van der Waals surface area contributed by atoms with Crippen molar-refractivity contribution >= 4 is 5.91 Å². The predicted octanol–water partition coefficient (Wildman–Crippen LogP) is 3.01. The summed E-state index contributed by atoms with van der Waals surface area (Å²) in [4.78, 5) is 19.6. The average Bonchev–Trinajstić information content (AvgIpc) is 3.20. The normalized spacial score (nSPS) is 32.7. The van der Waals surface area contributed by atoms with Crippen molar-refractivity contribution in [3.05, 3.63) is 11.7 Å². The number of hydrogen-bond acceptors (Lipinski definition) is 6. The molecule has 0 aromatic carbocycles. The summed E-state index contributed by atoms with van der Waals surface area (Å²) in [5, 5.41) is 7.44. The lowest BCUT2D eigenvalue weighted by Crippen LogP contribution is -2.61. The number of carbonyl (C=O) groups excluding carboxylic acids is 1. The highest BCUT2D eigenvalue weighted by Crippen LogP contribution is 2.48. The maximum atomic E-state index is 13.2. The molecule has 4 aliphatic rings.